The minimum atomic E-state index is -0.137. The Labute approximate surface area is 112 Å². The summed E-state index contributed by atoms with van der Waals surface area (Å²) in [6, 6.07) is 9.40. The summed E-state index contributed by atoms with van der Waals surface area (Å²) in [5.74, 6) is 0.745. The molecule has 0 aliphatic rings. The van der Waals surface area contributed by atoms with Gasteiger partial charge in [-0.15, -0.1) is 0 Å². The summed E-state index contributed by atoms with van der Waals surface area (Å²) in [4.78, 5) is 12.1. The summed E-state index contributed by atoms with van der Waals surface area (Å²) in [7, 11) is 1.61. The first-order valence-corrected chi connectivity index (χ1v) is 6.30. The van der Waals surface area contributed by atoms with E-state index >= 15 is 0 Å². The van der Waals surface area contributed by atoms with Crippen LogP contribution in [0.1, 0.15) is 13.3 Å². The number of aryl methyl sites for hydroxylation is 1. The Balaban J connectivity index is 2.51. The molecule has 0 spiro atoms. The molecule has 0 atom stereocenters. The lowest BCUT2D eigenvalue weighted by Crippen LogP contribution is -2.22. The highest BCUT2D eigenvalue weighted by molar-refractivity contribution is 5.76. The monoisotopic (exact) mass is 258 g/mol. The molecule has 19 heavy (non-hydrogen) atoms. The van der Waals surface area contributed by atoms with Gasteiger partial charge >= 0.3 is 0 Å². The second-order valence-electron chi connectivity index (χ2n) is 4.37. The molecule has 2 rings (SSSR count). The summed E-state index contributed by atoms with van der Waals surface area (Å²) in [5.41, 5.74) is 7.74. The highest BCUT2D eigenvalue weighted by Crippen LogP contribution is 2.26. The van der Waals surface area contributed by atoms with Crippen LogP contribution in [0.3, 0.4) is 0 Å². The van der Waals surface area contributed by atoms with Crippen molar-refractivity contribution in [2.75, 3.05) is 12.8 Å². The van der Waals surface area contributed by atoms with Crippen molar-refractivity contribution in [2.45, 2.75) is 19.9 Å². The van der Waals surface area contributed by atoms with Crippen LogP contribution in [0.5, 0.6) is 5.75 Å². The first kappa shape index (κ1) is 13.2. The molecule has 0 unspecified atom stereocenters. The van der Waals surface area contributed by atoms with Gasteiger partial charge in [0.1, 0.15) is 11.4 Å². The van der Waals surface area contributed by atoms with Crippen molar-refractivity contribution in [1.29, 1.82) is 0 Å². The van der Waals surface area contributed by atoms with Gasteiger partial charge in [-0.1, -0.05) is 19.1 Å². The number of benzene rings is 1. The Morgan fingerprint density at radius 1 is 1.32 bits per heavy atom. The lowest BCUT2D eigenvalue weighted by atomic mass is 10.1. The van der Waals surface area contributed by atoms with E-state index in [0.717, 1.165) is 23.3 Å². The van der Waals surface area contributed by atoms with Crippen LogP contribution >= 0.6 is 0 Å². The maximum Gasteiger partial charge on any atom is 0.274 e. The Kier molecular flexibility index (Phi) is 3.90. The second-order valence-corrected chi connectivity index (χ2v) is 4.37. The van der Waals surface area contributed by atoms with Gasteiger partial charge in [0.05, 0.1) is 7.11 Å². The Hall–Kier alpha value is -2.23. The Morgan fingerprint density at radius 3 is 2.79 bits per heavy atom. The van der Waals surface area contributed by atoms with Crippen molar-refractivity contribution >= 4 is 5.69 Å². The topological polar surface area (TPSA) is 57.2 Å². The van der Waals surface area contributed by atoms with Gasteiger partial charge in [-0.3, -0.25) is 4.79 Å². The van der Waals surface area contributed by atoms with Crippen molar-refractivity contribution in [3.63, 3.8) is 0 Å². The summed E-state index contributed by atoms with van der Waals surface area (Å²) in [6.45, 7) is 2.71. The van der Waals surface area contributed by atoms with Crippen LogP contribution < -0.4 is 16.0 Å². The average molecular weight is 258 g/mol. The van der Waals surface area contributed by atoms with E-state index < -0.39 is 0 Å². The van der Waals surface area contributed by atoms with E-state index in [1.54, 1.807) is 17.9 Å². The molecular weight excluding hydrogens is 240 g/mol. The minimum Gasteiger partial charge on any atom is -0.497 e. The number of ether oxygens (including phenoxy) is 1. The number of nitrogens with zero attached hydrogens (tertiary/aromatic N) is 1. The van der Waals surface area contributed by atoms with Crippen molar-refractivity contribution in [2.24, 2.45) is 0 Å². The fourth-order valence-electron chi connectivity index (χ4n) is 2.05. The lowest BCUT2D eigenvalue weighted by molar-refractivity contribution is 0.415. The molecule has 0 aliphatic carbocycles. The molecular formula is C15H18N2O2. The number of anilines is 1. The van der Waals surface area contributed by atoms with Crippen LogP contribution in [0.2, 0.25) is 0 Å². The molecule has 2 N–H and O–H groups in total. The van der Waals surface area contributed by atoms with Gasteiger partial charge in [0.25, 0.3) is 5.56 Å². The fraction of sp³-hybridized carbons (Fsp3) is 0.267. The van der Waals surface area contributed by atoms with Crippen LogP contribution in [-0.2, 0) is 6.54 Å². The quantitative estimate of drug-likeness (QED) is 0.916. The van der Waals surface area contributed by atoms with Gasteiger partial charge in [-0.05, 0) is 30.2 Å². The highest BCUT2D eigenvalue weighted by Gasteiger charge is 2.09. The standard InChI is InChI=1S/C15H18N2O2/c1-3-8-17-9-7-13(14(16)15(17)18)11-5-4-6-12(10-11)19-2/h4-7,9-10H,3,8,16H2,1-2H3. The minimum absolute atomic E-state index is 0.137. The number of rotatable bonds is 4. The predicted octanol–water partition coefficient (Wildman–Crippen LogP) is 2.52. The van der Waals surface area contributed by atoms with Gasteiger partial charge in [-0.2, -0.15) is 0 Å². The molecule has 4 heteroatoms. The van der Waals surface area contributed by atoms with Gasteiger partial charge in [0.15, 0.2) is 0 Å². The molecule has 1 aromatic heterocycles. The first-order chi connectivity index (χ1) is 9.17. The molecule has 0 aliphatic heterocycles. The number of hydrogen-bond donors (Lipinski definition) is 1. The van der Waals surface area contributed by atoms with Crippen molar-refractivity contribution in [3.8, 4) is 16.9 Å². The third-order valence-electron chi connectivity index (χ3n) is 3.05. The molecule has 0 bridgehead atoms. The average Bonchev–Trinajstić information content (AvgIpc) is 2.44. The molecule has 100 valence electrons. The zero-order valence-electron chi connectivity index (χ0n) is 11.2. The van der Waals surface area contributed by atoms with Crippen molar-refractivity contribution in [1.82, 2.24) is 4.57 Å². The van der Waals surface area contributed by atoms with E-state index in [2.05, 4.69) is 0 Å². The zero-order chi connectivity index (χ0) is 13.8. The van der Waals surface area contributed by atoms with E-state index in [-0.39, 0.29) is 11.2 Å². The van der Waals surface area contributed by atoms with Crippen molar-refractivity contribution < 1.29 is 4.74 Å². The normalized spacial score (nSPS) is 10.4. The first-order valence-electron chi connectivity index (χ1n) is 6.30. The van der Waals surface area contributed by atoms with Gasteiger partial charge in [0, 0.05) is 18.3 Å². The number of methoxy groups -OCH3 is 1. The lowest BCUT2D eigenvalue weighted by Gasteiger charge is -2.10. The van der Waals surface area contributed by atoms with Crippen LogP contribution in [0, 0.1) is 0 Å². The van der Waals surface area contributed by atoms with Crippen molar-refractivity contribution in [3.05, 3.63) is 46.9 Å². The third kappa shape index (κ3) is 2.62. The van der Waals surface area contributed by atoms with Gasteiger partial charge < -0.3 is 15.0 Å². The molecule has 1 heterocycles. The predicted molar refractivity (Wildman–Crippen MR) is 77.4 cm³/mol. The van der Waals surface area contributed by atoms with Crippen LogP contribution in [0.4, 0.5) is 5.69 Å². The molecule has 0 saturated carbocycles. The fourth-order valence-corrected chi connectivity index (χ4v) is 2.05. The highest BCUT2D eigenvalue weighted by atomic mass is 16.5. The van der Waals surface area contributed by atoms with E-state index in [1.165, 1.54) is 0 Å². The van der Waals surface area contributed by atoms with E-state index in [9.17, 15) is 4.79 Å². The van der Waals surface area contributed by atoms with E-state index in [1.807, 2.05) is 37.3 Å². The van der Waals surface area contributed by atoms with Gasteiger partial charge in [-0.25, -0.2) is 0 Å². The molecule has 0 amide bonds. The SMILES string of the molecule is CCCn1ccc(-c2cccc(OC)c2)c(N)c1=O. The third-order valence-corrected chi connectivity index (χ3v) is 3.05. The number of nitrogen functional groups attached to an aromatic ring is 1. The zero-order valence-corrected chi connectivity index (χ0v) is 11.2. The van der Waals surface area contributed by atoms with E-state index in [0.29, 0.717) is 6.54 Å². The van der Waals surface area contributed by atoms with Gasteiger partial charge in [0.2, 0.25) is 0 Å². The largest absolute Gasteiger partial charge is 0.497 e. The molecule has 2 aromatic rings. The second kappa shape index (κ2) is 5.61. The summed E-state index contributed by atoms with van der Waals surface area (Å²) < 4.78 is 6.82. The molecule has 0 fully saturated rings. The molecule has 0 radical (unpaired) electrons. The number of hydrogen-bond acceptors (Lipinski definition) is 3. The molecule has 1 aromatic carbocycles. The van der Waals surface area contributed by atoms with Crippen LogP contribution in [0.15, 0.2) is 41.3 Å². The number of pyridine rings is 1. The summed E-state index contributed by atoms with van der Waals surface area (Å²) in [5, 5.41) is 0. The maximum atomic E-state index is 12.1. The molecule has 4 nitrogen and oxygen atoms in total. The Bertz CT molecular complexity index is 632. The van der Waals surface area contributed by atoms with E-state index in [4.69, 9.17) is 10.5 Å². The van der Waals surface area contributed by atoms with Crippen LogP contribution in [-0.4, -0.2) is 11.7 Å². The number of aromatic nitrogens is 1. The maximum absolute atomic E-state index is 12.1. The molecule has 0 saturated heterocycles. The summed E-state index contributed by atoms with van der Waals surface area (Å²) in [6.07, 6.45) is 2.69. The Morgan fingerprint density at radius 2 is 2.11 bits per heavy atom. The number of nitrogens with two attached hydrogens (primary N) is 1. The van der Waals surface area contributed by atoms with Crippen LogP contribution in [0.25, 0.3) is 11.1 Å². The smallest absolute Gasteiger partial charge is 0.274 e. The summed E-state index contributed by atoms with van der Waals surface area (Å²) >= 11 is 0.